The van der Waals surface area contributed by atoms with Crippen LogP contribution in [0.2, 0.25) is 5.02 Å². The van der Waals surface area contributed by atoms with Gasteiger partial charge < -0.3 is 10.6 Å². The Morgan fingerprint density at radius 2 is 2.00 bits per heavy atom. The van der Waals surface area contributed by atoms with Crippen molar-refractivity contribution in [2.45, 2.75) is 30.2 Å². The summed E-state index contributed by atoms with van der Waals surface area (Å²) < 4.78 is 28.0. The Hall–Kier alpha value is -1.90. The number of hydrogen-bond donors (Lipinski definition) is 3. The van der Waals surface area contributed by atoms with Crippen LogP contribution in [0.5, 0.6) is 0 Å². The van der Waals surface area contributed by atoms with E-state index in [1.165, 1.54) is 6.20 Å². The highest BCUT2D eigenvalue weighted by Crippen LogP contribution is 2.29. The smallest absolute Gasteiger partial charge is 0.242 e. The maximum absolute atomic E-state index is 12.6. The molecule has 1 aliphatic rings. The van der Waals surface area contributed by atoms with Crippen molar-refractivity contribution in [3.63, 3.8) is 0 Å². The summed E-state index contributed by atoms with van der Waals surface area (Å²) in [4.78, 5) is 8.38. The van der Waals surface area contributed by atoms with Gasteiger partial charge >= 0.3 is 0 Å². The quantitative estimate of drug-likeness (QED) is 0.726. The van der Waals surface area contributed by atoms with E-state index in [1.807, 2.05) is 0 Å². The lowest BCUT2D eigenvalue weighted by Gasteiger charge is -2.26. The summed E-state index contributed by atoms with van der Waals surface area (Å²) in [6, 6.07) is 6.67. The molecule has 3 rings (SSSR count). The number of nitrogens with zero attached hydrogens (tertiary/aromatic N) is 2. The number of hydrogen-bond acceptors (Lipinski definition) is 6. The van der Waals surface area contributed by atoms with Crippen molar-refractivity contribution in [2.75, 3.05) is 17.7 Å². The van der Waals surface area contributed by atoms with Crippen molar-refractivity contribution in [1.82, 2.24) is 14.7 Å². The van der Waals surface area contributed by atoms with Gasteiger partial charge in [-0.05, 0) is 25.0 Å². The van der Waals surface area contributed by atoms with Crippen LogP contribution in [0.25, 0.3) is 0 Å². The molecule has 0 atom stereocenters. The van der Waals surface area contributed by atoms with Gasteiger partial charge in [0, 0.05) is 13.1 Å². The third-order valence-corrected chi connectivity index (χ3v) is 5.68. The van der Waals surface area contributed by atoms with Crippen LogP contribution in [0.3, 0.4) is 0 Å². The highest BCUT2D eigenvalue weighted by molar-refractivity contribution is 7.89. The summed E-state index contributed by atoms with van der Waals surface area (Å²) in [5, 5.41) is 6.10. The highest BCUT2D eigenvalue weighted by atomic mass is 35.5. The molecule has 1 fully saturated rings. The lowest BCUT2D eigenvalue weighted by Crippen LogP contribution is -2.39. The largest absolute Gasteiger partial charge is 0.357 e. The molecule has 1 heterocycles. The SMILES string of the molecule is CNc1ncc(Cl)c(Nc2ccccc2S(=O)(=O)NC2CCC2)n1. The van der Waals surface area contributed by atoms with Crippen LogP contribution in [-0.2, 0) is 10.0 Å². The molecule has 1 saturated carbocycles. The summed E-state index contributed by atoms with van der Waals surface area (Å²) in [7, 11) is -1.93. The van der Waals surface area contributed by atoms with E-state index in [9.17, 15) is 8.42 Å². The van der Waals surface area contributed by atoms with Gasteiger partial charge in [0.25, 0.3) is 0 Å². The summed E-state index contributed by atoms with van der Waals surface area (Å²) in [6.07, 6.45) is 4.25. The van der Waals surface area contributed by atoms with Crippen LogP contribution in [0.4, 0.5) is 17.5 Å². The second-order valence-electron chi connectivity index (χ2n) is 5.51. The fraction of sp³-hybridized carbons (Fsp3) is 0.333. The van der Waals surface area contributed by atoms with Crippen LogP contribution in [0, 0.1) is 0 Å². The van der Waals surface area contributed by atoms with E-state index < -0.39 is 10.0 Å². The van der Waals surface area contributed by atoms with E-state index in [-0.39, 0.29) is 10.9 Å². The Kier molecular flexibility index (Phi) is 4.88. The number of rotatable bonds is 6. The Bertz CT molecular complexity index is 840. The zero-order valence-corrected chi connectivity index (χ0v) is 14.7. The molecular formula is C15H18ClN5O2S. The van der Waals surface area contributed by atoms with Crippen LogP contribution in [0.1, 0.15) is 19.3 Å². The Balaban J connectivity index is 1.92. The Morgan fingerprint density at radius 1 is 1.25 bits per heavy atom. The predicted molar refractivity (Wildman–Crippen MR) is 94.3 cm³/mol. The molecule has 0 amide bonds. The molecule has 128 valence electrons. The molecule has 0 aliphatic heterocycles. The standard InChI is InChI=1S/C15H18ClN5O2S/c1-17-15-18-9-11(16)14(20-15)19-12-7-2-3-8-13(12)24(22,23)21-10-5-4-6-10/h2-3,7-10,21H,4-6H2,1H3,(H2,17,18,19,20). The van der Waals surface area contributed by atoms with Crippen LogP contribution < -0.4 is 15.4 Å². The van der Waals surface area contributed by atoms with Gasteiger partial charge in [0.1, 0.15) is 9.92 Å². The van der Waals surface area contributed by atoms with Crippen molar-refractivity contribution >= 4 is 39.1 Å². The van der Waals surface area contributed by atoms with Gasteiger partial charge in [-0.3, -0.25) is 0 Å². The van der Waals surface area contributed by atoms with E-state index >= 15 is 0 Å². The Labute approximate surface area is 145 Å². The van der Waals surface area contributed by atoms with Crippen molar-refractivity contribution in [1.29, 1.82) is 0 Å². The van der Waals surface area contributed by atoms with Crippen molar-refractivity contribution in [3.8, 4) is 0 Å². The van der Waals surface area contributed by atoms with E-state index in [1.54, 1.807) is 31.3 Å². The normalized spacial score (nSPS) is 14.9. The number of nitrogens with one attached hydrogen (secondary N) is 3. The molecule has 0 radical (unpaired) electrons. The first kappa shape index (κ1) is 16.9. The maximum Gasteiger partial charge on any atom is 0.242 e. The summed E-state index contributed by atoms with van der Waals surface area (Å²) in [6.45, 7) is 0. The molecule has 1 aromatic heterocycles. The molecule has 0 unspecified atom stereocenters. The van der Waals surface area contributed by atoms with E-state index in [0.29, 0.717) is 22.5 Å². The monoisotopic (exact) mass is 367 g/mol. The fourth-order valence-corrected chi connectivity index (χ4v) is 3.92. The number of halogens is 1. The molecule has 0 spiro atoms. The zero-order chi connectivity index (χ0) is 17.2. The van der Waals surface area contributed by atoms with Gasteiger partial charge in [-0.15, -0.1) is 0 Å². The molecule has 1 aromatic carbocycles. The van der Waals surface area contributed by atoms with Crippen LogP contribution in [-0.4, -0.2) is 31.5 Å². The molecule has 0 saturated heterocycles. The van der Waals surface area contributed by atoms with Crippen LogP contribution in [0.15, 0.2) is 35.4 Å². The topological polar surface area (TPSA) is 96.0 Å². The van der Waals surface area contributed by atoms with Gasteiger partial charge in [-0.1, -0.05) is 30.2 Å². The van der Waals surface area contributed by atoms with Crippen molar-refractivity contribution in [3.05, 3.63) is 35.5 Å². The first-order valence-electron chi connectivity index (χ1n) is 7.58. The van der Waals surface area contributed by atoms with Gasteiger partial charge in [-0.25, -0.2) is 18.1 Å². The average molecular weight is 368 g/mol. The third kappa shape index (κ3) is 3.61. The van der Waals surface area contributed by atoms with E-state index in [2.05, 4.69) is 25.3 Å². The lowest BCUT2D eigenvalue weighted by atomic mass is 9.94. The zero-order valence-electron chi connectivity index (χ0n) is 13.1. The number of sulfonamides is 1. The number of anilines is 3. The number of aromatic nitrogens is 2. The molecule has 7 nitrogen and oxygen atoms in total. The maximum atomic E-state index is 12.6. The molecule has 9 heteroatoms. The van der Waals surface area contributed by atoms with Gasteiger partial charge in [0.15, 0.2) is 5.82 Å². The number of para-hydroxylation sites is 1. The second kappa shape index (κ2) is 6.92. The second-order valence-corrected chi connectivity index (χ2v) is 7.60. The molecule has 24 heavy (non-hydrogen) atoms. The van der Waals surface area contributed by atoms with Crippen LogP contribution >= 0.6 is 11.6 Å². The molecule has 1 aliphatic carbocycles. The van der Waals surface area contributed by atoms with E-state index in [4.69, 9.17) is 11.6 Å². The molecule has 2 aromatic rings. The first-order chi connectivity index (χ1) is 11.5. The fourth-order valence-electron chi connectivity index (χ4n) is 2.32. The van der Waals surface area contributed by atoms with Gasteiger partial charge in [-0.2, -0.15) is 4.98 Å². The minimum Gasteiger partial charge on any atom is -0.357 e. The average Bonchev–Trinajstić information content (AvgIpc) is 2.54. The summed E-state index contributed by atoms with van der Waals surface area (Å²) in [5.74, 6) is 0.720. The molecule has 3 N–H and O–H groups in total. The lowest BCUT2D eigenvalue weighted by molar-refractivity contribution is 0.383. The number of benzene rings is 1. The highest BCUT2D eigenvalue weighted by Gasteiger charge is 2.26. The predicted octanol–water partition coefficient (Wildman–Crippen LogP) is 2.75. The molecular weight excluding hydrogens is 350 g/mol. The summed E-state index contributed by atoms with van der Waals surface area (Å²) >= 11 is 6.11. The minimum atomic E-state index is -3.61. The Morgan fingerprint density at radius 3 is 2.67 bits per heavy atom. The molecule has 0 bridgehead atoms. The minimum absolute atomic E-state index is 0.0154. The van der Waals surface area contributed by atoms with Gasteiger partial charge in [0.05, 0.1) is 11.9 Å². The summed E-state index contributed by atoms with van der Waals surface area (Å²) in [5.41, 5.74) is 0.409. The van der Waals surface area contributed by atoms with Gasteiger partial charge in [0.2, 0.25) is 16.0 Å². The van der Waals surface area contributed by atoms with E-state index in [0.717, 1.165) is 19.3 Å². The first-order valence-corrected chi connectivity index (χ1v) is 9.44. The third-order valence-electron chi connectivity index (χ3n) is 3.82. The van der Waals surface area contributed by atoms with Crippen molar-refractivity contribution < 1.29 is 8.42 Å². The van der Waals surface area contributed by atoms with Crippen molar-refractivity contribution in [2.24, 2.45) is 0 Å².